The number of carbonyl (C=O) groups is 2. The van der Waals surface area contributed by atoms with Gasteiger partial charge in [0.15, 0.2) is 0 Å². The molecule has 1 aromatic carbocycles. The average molecular weight is 372 g/mol. The van der Waals surface area contributed by atoms with E-state index in [1.165, 1.54) is 0 Å². The van der Waals surface area contributed by atoms with E-state index in [9.17, 15) is 9.59 Å². The van der Waals surface area contributed by atoms with Crippen molar-refractivity contribution < 1.29 is 9.59 Å². The molecule has 26 heavy (non-hydrogen) atoms. The first-order valence-corrected chi connectivity index (χ1v) is 9.99. The first kappa shape index (κ1) is 18.5. The van der Waals surface area contributed by atoms with Gasteiger partial charge in [-0.25, -0.2) is 0 Å². The molecule has 1 aliphatic heterocycles. The fraction of sp³-hybridized carbons (Fsp3) is 0.421. The Hall–Kier alpha value is -2.28. The number of nitrogens with one attached hydrogen (secondary N) is 1. The standard InChI is InChI=1S/C19H24N4O2S/c1-22-12-14(11-21-22)4-3-9-20-19(25)15-10-18(24)23(13-15)16-5-7-17(26-2)8-6-16/h5-8,11-12,15H,3-4,9-10,13H2,1-2H3,(H,20,25). The molecule has 1 N–H and O–H groups in total. The van der Waals surface area contributed by atoms with Crippen molar-refractivity contribution in [2.24, 2.45) is 13.0 Å². The Kier molecular flexibility index (Phi) is 5.98. The lowest BCUT2D eigenvalue weighted by atomic mass is 10.1. The van der Waals surface area contributed by atoms with Crippen LogP contribution in [0.3, 0.4) is 0 Å². The third-order valence-corrected chi connectivity index (χ3v) is 5.32. The molecule has 0 spiro atoms. The van der Waals surface area contributed by atoms with Gasteiger partial charge in [0.05, 0.1) is 12.1 Å². The number of hydrogen-bond acceptors (Lipinski definition) is 4. The molecule has 2 heterocycles. The van der Waals surface area contributed by atoms with Gasteiger partial charge >= 0.3 is 0 Å². The fourth-order valence-corrected chi connectivity index (χ4v) is 3.55. The maximum Gasteiger partial charge on any atom is 0.227 e. The zero-order valence-corrected chi connectivity index (χ0v) is 16.0. The fourth-order valence-electron chi connectivity index (χ4n) is 3.14. The van der Waals surface area contributed by atoms with Crippen LogP contribution in [0, 0.1) is 5.92 Å². The largest absolute Gasteiger partial charge is 0.356 e. The number of nitrogens with zero attached hydrogens (tertiary/aromatic N) is 3. The zero-order valence-electron chi connectivity index (χ0n) is 15.1. The van der Waals surface area contributed by atoms with Crippen LogP contribution in [0.4, 0.5) is 5.69 Å². The van der Waals surface area contributed by atoms with Crippen LogP contribution in [0.15, 0.2) is 41.6 Å². The predicted octanol–water partition coefficient (Wildman–Crippen LogP) is 2.24. The highest BCUT2D eigenvalue weighted by Gasteiger charge is 2.34. The number of anilines is 1. The number of aromatic nitrogens is 2. The van der Waals surface area contributed by atoms with Gasteiger partial charge < -0.3 is 10.2 Å². The van der Waals surface area contributed by atoms with E-state index in [0.29, 0.717) is 13.1 Å². The molecule has 1 saturated heterocycles. The predicted molar refractivity (Wildman–Crippen MR) is 103 cm³/mol. The van der Waals surface area contributed by atoms with Gasteiger partial charge in [0.2, 0.25) is 11.8 Å². The van der Waals surface area contributed by atoms with Gasteiger partial charge in [0.1, 0.15) is 0 Å². The van der Waals surface area contributed by atoms with E-state index >= 15 is 0 Å². The van der Waals surface area contributed by atoms with Crippen LogP contribution in [0.25, 0.3) is 0 Å². The van der Waals surface area contributed by atoms with Crippen LogP contribution in [0.2, 0.25) is 0 Å². The maximum absolute atomic E-state index is 12.4. The lowest BCUT2D eigenvalue weighted by molar-refractivity contribution is -0.126. The third kappa shape index (κ3) is 4.46. The van der Waals surface area contributed by atoms with E-state index in [1.807, 2.05) is 50.0 Å². The molecule has 1 unspecified atom stereocenters. The summed E-state index contributed by atoms with van der Waals surface area (Å²) in [6, 6.07) is 7.88. The summed E-state index contributed by atoms with van der Waals surface area (Å²) in [5.74, 6) is -0.300. The minimum Gasteiger partial charge on any atom is -0.356 e. The molecule has 0 aliphatic carbocycles. The zero-order chi connectivity index (χ0) is 18.5. The molecule has 1 aliphatic rings. The molecule has 0 bridgehead atoms. The second-order valence-corrected chi connectivity index (χ2v) is 7.40. The van der Waals surface area contributed by atoms with Crippen molar-refractivity contribution in [3.63, 3.8) is 0 Å². The van der Waals surface area contributed by atoms with Gasteiger partial charge in [-0.3, -0.25) is 14.3 Å². The van der Waals surface area contributed by atoms with Crippen molar-refractivity contribution in [2.75, 3.05) is 24.2 Å². The van der Waals surface area contributed by atoms with Crippen molar-refractivity contribution in [3.8, 4) is 0 Å². The first-order chi connectivity index (χ1) is 12.6. The van der Waals surface area contributed by atoms with E-state index in [1.54, 1.807) is 21.3 Å². The Morgan fingerprint density at radius 3 is 2.77 bits per heavy atom. The molecule has 0 radical (unpaired) electrons. The molecule has 2 amide bonds. The molecular weight excluding hydrogens is 348 g/mol. The number of rotatable bonds is 7. The molecule has 0 saturated carbocycles. The quantitative estimate of drug-likeness (QED) is 0.598. The number of amides is 2. The van der Waals surface area contributed by atoms with Gasteiger partial charge in [0.25, 0.3) is 0 Å². The van der Waals surface area contributed by atoms with Gasteiger partial charge in [-0.15, -0.1) is 11.8 Å². The molecule has 2 aromatic rings. The van der Waals surface area contributed by atoms with Crippen molar-refractivity contribution in [1.82, 2.24) is 15.1 Å². The third-order valence-electron chi connectivity index (χ3n) is 4.58. The Bertz CT molecular complexity index is 772. The topological polar surface area (TPSA) is 67.2 Å². The number of benzene rings is 1. The summed E-state index contributed by atoms with van der Waals surface area (Å²) in [6.45, 7) is 1.06. The van der Waals surface area contributed by atoms with Crippen LogP contribution < -0.4 is 10.2 Å². The Balaban J connectivity index is 1.47. The lowest BCUT2D eigenvalue weighted by Crippen LogP contribution is -2.33. The minimum absolute atomic E-state index is 0.0115. The lowest BCUT2D eigenvalue weighted by Gasteiger charge is -2.17. The van der Waals surface area contributed by atoms with E-state index in [2.05, 4.69) is 10.4 Å². The van der Waals surface area contributed by atoms with Crippen molar-refractivity contribution in [3.05, 3.63) is 42.2 Å². The number of hydrogen-bond donors (Lipinski definition) is 1. The van der Waals surface area contributed by atoms with E-state index in [-0.39, 0.29) is 24.2 Å². The summed E-state index contributed by atoms with van der Waals surface area (Å²) < 4.78 is 1.78. The highest BCUT2D eigenvalue weighted by molar-refractivity contribution is 7.98. The monoisotopic (exact) mass is 372 g/mol. The van der Waals surface area contributed by atoms with Crippen molar-refractivity contribution in [1.29, 1.82) is 0 Å². The number of thioether (sulfide) groups is 1. The van der Waals surface area contributed by atoms with Gasteiger partial charge in [-0.2, -0.15) is 5.10 Å². The Morgan fingerprint density at radius 2 is 2.12 bits per heavy atom. The summed E-state index contributed by atoms with van der Waals surface area (Å²) >= 11 is 1.66. The van der Waals surface area contributed by atoms with E-state index in [0.717, 1.165) is 29.0 Å². The second kappa shape index (κ2) is 8.40. The molecule has 1 fully saturated rings. The van der Waals surface area contributed by atoms with Gasteiger partial charge in [0, 0.05) is 43.3 Å². The summed E-state index contributed by atoms with van der Waals surface area (Å²) in [4.78, 5) is 27.5. The normalized spacial score (nSPS) is 16.9. The van der Waals surface area contributed by atoms with Crippen LogP contribution >= 0.6 is 11.8 Å². The van der Waals surface area contributed by atoms with E-state index < -0.39 is 0 Å². The highest BCUT2D eigenvalue weighted by Crippen LogP contribution is 2.27. The molecule has 7 heteroatoms. The Morgan fingerprint density at radius 1 is 1.35 bits per heavy atom. The summed E-state index contributed by atoms with van der Waals surface area (Å²) in [5, 5.41) is 7.10. The Labute approximate surface area is 157 Å². The summed E-state index contributed by atoms with van der Waals surface area (Å²) in [7, 11) is 1.89. The summed E-state index contributed by atoms with van der Waals surface area (Å²) in [5.41, 5.74) is 2.03. The SMILES string of the molecule is CSc1ccc(N2CC(C(=O)NCCCc3cnn(C)c3)CC2=O)cc1. The highest BCUT2D eigenvalue weighted by atomic mass is 32.2. The molecule has 138 valence electrons. The number of aryl methyl sites for hydroxylation is 2. The molecule has 6 nitrogen and oxygen atoms in total. The molecule has 3 rings (SSSR count). The minimum atomic E-state index is -0.277. The smallest absolute Gasteiger partial charge is 0.227 e. The van der Waals surface area contributed by atoms with Crippen LogP contribution in [0.5, 0.6) is 0 Å². The first-order valence-electron chi connectivity index (χ1n) is 8.76. The van der Waals surface area contributed by atoms with Crippen LogP contribution in [-0.4, -0.2) is 40.9 Å². The van der Waals surface area contributed by atoms with E-state index in [4.69, 9.17) is 0 Å². The summed E-state index contributed by atoms with van der Waals surface area (Å²) in [6.07, 6.45) is 7.86. The number of carbonyl (C=O) groups excluding carboxylic acids is 2. The maximum atomic E-state index is 12.4. The second-order valence-electron chi connectivity index (χ2n) is 6.52. The molecule has 1 atom stereocenters. The molecule has 1 aromatic heterocycles. The van der Waals surface area contributed by atoms with Gasteiger partial charge in [-0.1, -0.05) is 0 Å². The van der Waals surface area contributed by atoms with Gasteiger partial charge in [-0.05, 0) is 48.9 Å². The van der Waals surface area contributed by atoms with Crippen molar-refractivity contribution in [2.45, 2.75) is 24.2 Å². The van der Waals surface area contributed by atoms with Crippen molar-refractivity contribution >= 4 is 29.3 Å². The van der Waals surface area contributed by atoms with Crippen LogP contribution in [-0.2, 0) is 23.1 Å². The molecular formula is C19H24N4O2S. The average Bonchev–Trinajstić information content (AvgIpc) is 3.24. The van der Waals surface area contributed by atoms with Crippen LogP contribution in [0.1, 0.15) is 18.4 Å².